The molecule has 1 heteroatoms. The van der Waals surface area contributed by atoms with Crippen molar-refractivity contribution in [3.8, 4) is 12.3 Å². The third-order valence-corrected chi connectivity index (χ3v) is 1.57. The summed E-state index contributed by atoms with van der Waals surface area (Å²) < 4.78 is 0. The molecule has 0 N–H and O–H groups in total. The second kappa shape index (κ2) is 3.92. The molecule has 0 spiro atoms. The average Bonchev–Trinajstić information content (AvgIpc) is 2.03. The molecule has 0 radical (unpaired) electrons. The van der Waals surface area contributed by atoms with Gasteiger partial charge in [-0.3, -0.25) is 0 Å². The molecule has 1 aromatic heterocycles. The molecule has 1 rings (SSSR count). The molecule has 62 valence electrons. The van der Waals surface area contributed by atoms with E-state index in [0.717, 1.165) is 17.8 Å². The smallest absolute Gasteiger partial charge is 0.113 e. The molecule has 0 aromatic carbocycles. The lowest BCUT2D eigenvalue weighted by Gasteiger charge is -2.03. The van der Waals surface area contributed by atoms with E-state index in [4.69, 9.17) is 6.42 Å². The lowest BCUT2D eigenvalue weighted by atomic mass is 10.1. The topological polar surface area (TPSA) is 12.9 Å². The van der Waals surface area contributed by atoms with Gasteiger partial charge in [-0.25, -0.2) is 4.98 Å². The summed E-state index contributed by atoms with van der Waals surface area (Å²) in [6.45, 7) is 4.34. The number of pyridine rings is 1. The van der Waals surface area contributed by atoms with Crippen LogP contribution in [0.5, 0.6) is 0 Å². The highest BCUT2D eigenvalue weighted by Gasteiger charge is 1.98. The van der Waals surface area contributed by atoms with Gasteiger partial charge in [0.1, 0.15) is 5.69 Å². The molecule has 1 nitrogen and oxygen atoms in total. The molecule has 12 heavy (non-hydrogen) atoms. The van der Waals surface area contributed by atoms with Gasteiger partial charge in [-0.15, -0.1) is 6.42 Å². The Labute approximate surface area is 73.8 Å². The van der Waals surface area contributed by atoms with E-state index in [1.807, 2.05) is 18.2 Å². The zero-order valence-corrected chi connectivity index (χ0v) is 7.54. The van der Waals surface area contributed by atoms with Gasteiger partial charge in [0.2, 0.25) is 0 Å². The standard InChI is InChI=1S/C11H13N/c1-4-10-6-5-7-11(12-10)8-9(2)3/h1,5-7,9H,8H2,2-3H3. The molecular formula is C11H13N. The van der Waals surface area contributed by atoms with Gasteiger partial charge in [-0.2, -0.15) is 0 Å². The maximum atomic E-state index is 5.24. The number of terminal acetylenes is 1. The monoisotopic (exact) mass is 159 g/mol. The van der Waals surface area contributed by atoms with E-state index >= 15 is 0 Å². The second-order valence-corrected chi connectivity index (χ2v) is 3.26. The number of hydrogen-bond acceptors (Lipinski definition) is 1. The van der Waals surface area contributed by atoms with Gasteiger partial charge in [-0.1, -0.05) is 25.8 Å². The van der Waals surface area contributed by atoms with Crippen molar-refractivity contribution in [2.75, 3.05) is 0 Å². The van der Waals surface area contributed by atoms with Crippen molar-refractivity contribution in [3.05, 3.63) is 29.6 Å². The Morgan fingerprint density at radius 1 is 1.50 bits per heavy atom. The summed E-state index contributed by atoms with van der Waals surface area (Å²) >= 11 is 0. The van der Waals surface area contributed by atoms with Crippen LogP contribution in [0.1, 0.15) is 25.2 Å². The first-order valence-electron chi connectivity index (χ1n) is 4.15. The molecule has 1 aromatic rings. The summed E-state index contributed by atoms with van der Waals surface area (Å²) in [7, 11) is 0. The first-order valence-corrected chi connectivity index (χ1v) is 4.15. The number of aromatic nitrogens is 1. The van der Waals surface area contributed by atoms with Crippen molar-refractivity contribution in [2.45, 2.75) is 20.3 Å². The Bertz CT molecular complexity index is 294. The molecule has 0 saturated carbocycles. The molecule has 0 atom stereocenters. The number of rotatable bonds is 2. The van der Waals surface area contributed by atoms with E-state index in [2.05, 4.69) is 24.8 Å². The molecule has 0 aliphatic heterocycles. The van der Waals surface area contributed by atoms with Gasteiger partial charge in [0, 0.05) is 5.69 Å². The summed E-state index contributed by atoms with van der Waals surface area (Å²) in [6.07, 6.45) is 6.23. The van der Waals surface area contributed by atoms with E-state index in [1.165, 1.54) is 0 Å². The number of nitrogens with zero attached hydrogens (tertiary/aromatic N) is 1. The molecule has 0 aliphatic carbocycles. The first kappa shape index (κ1) is 8.80. The predicted octanol–water partition coefficient (Wildman–Crippen LogP) is 2.26. The third-order valence-electron chi connectivity index (χ3n) is 1.57. The highest BCUT2D eigenvalue weighted by molar-refractivity contribution is 5.25. The Kier molecular flexibility index (Phi) is 2.88. The lowest BCUT2D eigenvalue weighted by molar-refractivity contribution is 0.635. The maximum absolute atomic E-state index is 5.24. The largest absolute Gasteiger partial charge is 0.244 e. The van der Waals surface area contributed by atoms with Gasteiger partial charge >= 0.3 is 0 Å². The van der Waals surface area contributed by atoms with Gasteiger partial charge in [0.15, 0.2) is 0 Å². The van der Waals surface area contributed by atoms with Crippen LogP contribution in [0, 0.1) is 18.3 Å². The van der Waals surface area contributed by atoms with E-state index < -0.39 is 0 Å². The SMILES string of the molecule is C#Cc1cccc(CC(C)C)n1. The average molecular weight is 159 g/mol. The third kappa shape index (κ3) is 2.39. The Balaban J connectivity index is 2.81. The van der Waals surface area contributed by atoms with Crippen LogP contribution in [-0.2, 0) is 6.42 Å². The predicted molar refractivity (Wildman–Crippen MR) is 50.7 cm³/mol. The van der Waals surface area contributed by atoms with Gasteiger partial charge < -0.3 is 0 Å². The van der Waals surface area contributed by atoms with E-state index in [-0.39, 0.29) is 0 Å². The summed E-state index contributed by atoms with van der Waals surface area (Å²) in [4.78, 5) is 4.30. The highest BCUT2D eigenvalue weighted by Crippen LogP contribution is 2.05. The zero-order valence-electron chi connectivity index (χ0n) is 7.54. The van der Waals surface area contributed by atoms with Crippen molar-refractivity contribution >= 4 is 0 Å². The first-order chi connectivity index (χ1) is 5.72. The van der Waals surface area contributed by atoms with Crippen LogP contribution in [0.4, 0.5) is 0 Å². The summed E-state index contributed by atoms with van der Waals surface area (Å²) in [5.41, 5.74) is 1.81. The molecule has 1 heterocycles. The second-order valence-electron chi connectivity index (χ2n) is 3.26. The van der Waals surface area contributed by atoms with E-state index in [1.54, 1.807) is 0 Å². The van der Waals surface area contributed by atoms with Crippen LogP contribution in [-0.4, -0.2) is 4.98 Å². The van der Waals surface area contributed by atoms with Gasteiger partial charge in [0.25, 0.3) is 0 Å². The normalized spacial score (nSPS) is 9.83. The summed E-state index contributed by atoms with van der Waals surface area (Å²) in [5, 5.41) is 0. The van der Waals surface area contributed by atoms with Gasteiger partial charge in [-0.05, 0) is 24.5 Å². The summed E-state index contributed by atoms with van der Waals surface area (Å²) in [5.74, 6) is 3.16. The molecule has 0 aliphatic rings. The minimum absolute atomic E-state index is 0.630. The Morgan fingerprint density at radius 3 is 2.83 bits per heavy atom. The van der Waals surface area contributed by atoms with E-state index in [9.17, 15) is 0 Å². The molecule has 0 amide bonds. The fourth-order valence-corrected chi connectivity index (χ4v) is 1.09. The van der Waals surface area contributed by atoms with Crippen LogP contribution in [0.25, 0.3) is 0 Å². The van der Waals surface area contributed by atoms with Crippen LogP contribution >= 0.6 is 0 Å². The van der Waals surface area contributed by atoms with Crippen LogP contribution in [0.15, 0.2) is 18.2 Å². The Hall–Kier alpha value is -1.29. The maximum Gasteiger partial charge on any atom is 0.113 e. The fourth-order valence-electron chi connectivity index (χ4n) is 1.09. The summed E-state index contributed by atoms with van der Waals surface area (Å²) in [6, 6.07) is 5.82. The van der Waals surface area contributed by atoms with Crippen molar-refractivity contribution in [1.82, 2.24) is 4.98 Å². The van der Waals surface area contributed by atoms with Crippen molar-refractivity contribution in [2.24, 2.45) is 5.92 Å². The lowest BCUT2D eigenvalue weighted by Crippen LogP contribution is -1.97. The van der Waals surface area contributed by atoms with E-state index in [0.29, 0.717) is 5.92 Å². The molecule has 0 fully saturated rings. The molecule has 0 saturated heterocycles. The number of hydrogen-bond donors (Lipinski definition) is 0. The van der Waals surface area contributed by atoms with Crippen LogP contribution < -0.4 is 0 Å². The fraction of sp³-hybridized carbons (Fsp3) is 0.364. The molecule has 0 bridgehead atoms. The van der Waals surface area contributed by atoms with Crippen molar-refractivity contribution in [1.29, 1.82) is 0 Å². The minimum Gasteiger partial charge on any atom is -0.244 e. The van der Waals surface area contributed by atoms with Crippen LogP contribution in [0.2, 0.25) is 0 Å². The Morgan fingerprint density at radius 2 is 2.25 bits per heavy atom. The minimum atomic E-state index is 0.630. The molecule has 0 unspecified atom stereocenters. The quantitative estimate of drug-likeness (QED) is 0.603. The zero-order chi connectivity index (χ0) is 8.97. The highest BCUT2D eigenvalue weighted by atomic mass is 14.7. The van der Waals surface area contributed by atoms with Crippen molar-refractivity contribution in [3.63, 3.8) is 0 Å². The van der Waals surface area contributed by atoms with Crippen molar-refractivity contribution < 1.29 is 0 Å². The molecular weight excluding hydrogens is 146 g/mol. The van der Waals surface area contributed by atoms with Crippen LogP contribution in [0.3, 0.4) is 0 Å². The van der Waals surface area contributed by atoms with Gasteiger partial charge in [0.05, 0.1) is 0 Å².